The summed E-state index contributed by atoms with van der Waals surface area (Å²) >= 11 is 0. The highest BCUT2D eigenvalue weighted by atomic mass is 16.1. The highest BCUT2D eigenvalue weighted by Crippen LogP contribution is 2.44. The van der Waals surface area contributed by atoms with Gasteiger partial charge in [0.2, 0.25) is 6.08 Å². The third kappa shape index (κ3) is 1.60. The number of hydrogen-bond acceptors (Lipinski definition) is 3. The van der Waals surface area contributed by atoms with Crippen molar-refractivity contribution in [1.29, 1.82) is 0 Å². The van der Waals surface area contributed by atoms with E-state index >= 15 is 0 Å². The first kappa shape index (κ1) is 12.9. The summed E-state index contributed by atoms with van der Waals surface area (Å²) in [6.07, 6.45) is 5.50. The number of aliphatic imine (C=N–C) groups is 1. The Morgan fingerprint density at radius 3 is 2.55 bits per heavy atom. The van der Waals surface area contributed by atoms with Gasteiger partial charge in [-0.05, 0) is 18.9 Å². The lowest BCUT2D eigenvalue weighted by Crippen LogP contribution is -2.22. The van der Waals surface area contributed by atoms with Crippen LogP contribution in [-0.2, 0) is 24.4 Å². The second kappa shape index (κ2) is 4.46. The molecule has 1 aromatic heterocycles. The largest absolute Gasteiger partial charge is 0.328 e. The minimum Gasteiger partial charge on any atom is -0.295 e. The molecular formula is C15H17N3O2. The molecule has 0 amide bonds. The number of hydrogen-bond donors (Lipinski definition) is 0. The van der Waals surface area contributed by atoms with Gasteiger partial charge in [0.25, 0.3) is 0 Å². The summed E-state index contributed by atoms with van der Waals surface area (Å²) in [4.78, 5) is 27.1. The van der Waals surface area contributed by atoms with Crippen molar-refractivity contribution in [3.8, 4) is 0 Å². The zero-order valence-electron chi connectivity index (χ0n) is 11.7. The van der Waals surface area contributed by atoms with Gasteiger partial charge in [-0.15, -0.1) is 0 Å². The van der Waals surface area contributed by atoms with Crippen molar-refractivity contribution in [2.45, 2.75) is 31.2 Å². The van der Waals surface area contributed by atoms with E-state index < -0.39 is 5.54 Å². The first-order chi connectivity index (χ1) is 9.60. The predicted octanol–water partition coefficient (Wildman–Crippen LogP) is 1.98. The van der Waals surface area contributed by atoms with Crippen molar-refractivity contribution >= 4 is 17.1 Å². The van der Waals surface area contributed by atoms with E-state index in [-0.39, 0.29) is 5.69 Å². The molecule has 5 nitrogen and oxygen atoms in total. The Morgan fingerprint density at radius 1 is 1.20 bits per heavy atom. The van der Waals surface area contributed by atoms with Gasteiger partial charge in [0.1, 0.15) is 5.54 Å². The Hall–Kier alpha value is -2.13. The smallest absolute Gasteiger partial charge is 0.295 e. The minimum absolute atomic E-state index is 0.0596. The van der Waals surface area contributed by atoms with E-state index in [9.17, 15) is 9.59 Å². The van der Waals surface area contributed by atoms with Crippen LogP contribution in [0.15, 0.2) is 28.0 Å². The molecule has 3 rings (SSSR count). The van der Waals surface area contributed by atoms with Gasteiger partial charge in [-0.1, -0.05) is 25.0 Å². The maximum absolute atomic E-state index is 12.1. The van der Waals surface area contributed by atoms with Crippen molar-refractivity contribution in [2.24, 2.45) is 19.1 Å². The minimum atomic E-state index is -0.507. The lowest BCUT2D eigenvalue weighted by Gasteiger charge is -2.24. The third-order valence-corrected chi connectivity index (χ3v) is 4.48. The molecule has 20 heavy (non-hydrogen) atoms. The molecule has 1 fully saturated rings. The first-order valence-electron chi connectivity index (χ1n) is 6.85. The number of carbonyl (C=O) groups excluding carboxylic acids is 1. The van der Waals surface area contributed by atoms with Gasteiger partial charge in [0.05, 0.1) is 11.0 Å². The number of isocyanates is 1. The first-order valence-corrected chi connectivity index (χ1v) is 6.85. The molecule has 1 aliphatic rings. The summed E-state index contributed by atoms with van der Waals surface area (Å²) in [6, 6.07) is 5.83. The number of fused-ring (bicyclic) bond motifs is 1. The number of para-hydroxylation sites is 1. The topological polar surface area (TPSA) is 56.4 Å². The highest BCUT2D eigenvalue weighted by Gasteiger charge is 2.38. The van der Waals surface area contributed by atoms with E-state index in [1.807, 2.05) is 18.2 Å². The molecule has 0 bridgehead atoms. The standard InChI is InChI=1S/C15H17N3O2/c1-17-12-7-5-6-11(13(12)18(2)14(17)20)15(16-10-19)8-3-4-9-15/h5-7H,3-4,8-9H2,1-2H3. The molecular weight excluding hydrogens is 254 g/mol. The van der Waals surface area contributed by atoms with Crippen LogP contribution in [0, 0.1) is 0 Å². The van der Waals surface area contributed by atoms with Gasteiger partial charge < -0.3 is 0 Å². The second-order valence-electron chi connectivity index (χ2n) is 5.52. The maximum Gasteiger partial charge on any atom is 0.328 e. The van der Waals surface area contributed by atoms with E-state index in [0.29, 0.717) is 0 Å². The Balaban J connectivity index is 2.40. The average Bonchev–Trinajstić information content (AvgIpc) is 3.01. The molecule has 1 heterocycles. The lowest BCUT2D eigenvalue weighted by atomic mass is 9.88. The summed E-state index contributed by atoms with van der Waals surface area (Å²) < 4.78 is 3.27. The summed E-state index contributed by atoms with van der Waals surface area (Å²) in [5.41, 5.74) is 2.15. The van der Waals surface area contributed by atoms with Crippen LogP contribution in [0.3, 0.4) is 0 Å². The van der Waals surface area contributed by atoms with Crippen molar-refractivity contribution in [1.82, 2.24) is 9.13 Å². The van der Waals surface area contributed by atoms with Crippen LogP contribution in [0.2, 0.25) is 0 Å². The Bertz CT molecular complexity index is 772. The normalized spacial score (nSPS) is 17.3. The quantitative estimate of drug-likeness (QED) is 0.619. The van der Waals surface area contributed by atoms with Gasteiger partial charge in [-0.2, -0.15) is 4.99 Å². The number of benzene rings is 1. The maximum atomic E-state index is 12.1. The Kier molecular flexibility index (Phi) is 2.87. The fourth-order valence-corrected chi connectivity index (χ4v) is 3.44. The average molecular weight is 271 g/mol. The molecule has 0 aliphatic heterocycles. The zero-order valence-corrected chi connectivity index (χ0v) is 11.7. The summed E-state index contributed by atoms with van der Waals surface area (Å²) in [5.74, 6) is 0. The summed E-state index contributed by atoms with van der Waals surface area (Å²) in [5, 5.41) is 0. The Morgan fingerprint density at radius 2 is 1.90 bits per heavy atom. The van der Waals surface area contributed by atoms with E-state index in [1.165, 1.54) is 0 Å². The van der Waals surface area contributed by atoms with Crippen molar-refractivity contribution in [3.05, 3.63) is 34.2 Å². The molecule has 0 radical (unpaired) electrons. The van der Waals surface area contributed by atoms with Gasteiger partial charge in [-0.3, -0.25) is 9.13 Å². The van der Waals surface area contributed by atoms with Crippen LogP contribution in [0.25, 0.3) is 11.0 Å². The Labute approximate surface area is 116 Å². The van der Waals surface area contributed by atoms with Crippen LogP contribution in [-0.4, -0.2) is 15.2 Å². The van der Waals surface area contributed by atoms with Crippen LogP contribution >= 0.6 is 0 Å². The molecule has 1 saturated carbocycles. The van der Waals surface area contributed by atoms with Crippen molar-refractivity contribution in [2.75, 3.05) is 0 Å². The predicted molar refractivity (Wildman–Crippen MR) is 76.4 cm³/mol. The number of nitrogens with zero attached hydrogens (tertiary/aromatic N) is 3. The molecule has 0 spiro atoms. The van der Waals surface area contributed by atoms with E-state index in [4.69, 9.17) is 0 Å². The molecule has 0 N–H and O–H groups in total. The van der Waals surface area contributed by atoms with Gasteiger partial charge >= 0.3 is 5.69 Å². The molecule has 104 valence electrons. The molecule has 0 saturated heterocycles. The molecule has 1 aliphatic carbocycles. The van der Waals surface area contributed by atoms with Crippen LogP contribution in [0.5, 0.6) is 0 Å². The van der Waals surface area contributed by atoms with E-state index in [1.54, 1.807) is 29.3 Å². The van der Waals surface area contributed by atoms with Crippen molar-refractivity contribution in [3.63, 3.8) is 0 Å². The third-order valence-electron chi connectivity index (χ3n) is 4.48. The number of aromatic nitrogens is 2. The second-order valence-corrected chi connectivity index (χ2v) is 5.52. The highest BCUT2D eigenvalue weighted by molar-refractivity contribution is 5.81. The van der Waals surface area contributed by atoms with Gasteiger partial charge in [0, 0.05) is 19.7 Å². The van der Waals surface area contributed by atoms with E-state index in [0.717, 1.165) is 42.3 Å². The SMILES string of the molecule is Cn1c(=O)n(C)c2c(C3(N=C=O)CCCC3)cccc21. The van der Waals surface area contributed by atoms with Crippen LogP contribution in [0.4, 0.5) is 0 Å². The number of aryl methyl sites for hydroxylation is 2. The molecule has 0 unspecified atom stereocenters. The molecule has 5 heteroatoms. The summed E-state index contributed by atoms with van der Waals surface area (Å²) in [7, 11) is 3.53. The van der Waals surface area contributed by atoms with Crippen LogP contribution < -0.4 is 5.69 Å². The fourth-order valence-electron chi connectivity index (χ4n) is 3.44. The molecule has 0 atom stereocenters. The molecule has 2 aromatic rings. The lowest BCUT2D eigenvalue weighted by molar-refractivity contribution is 0.458. The van der Waals surface area contributed by atoms with Gasteiger partial charge in [0.15, 0.2) is 0 Å². The monoisotopic (exact) mass is 271 g/mol. The summed E-state index contributed by atoms with van der Waals surface area (Å²) in [6.45, 7) is 0. The number of imidazole rings is 1. The van der Waals surface area contributed by atoms with Crippen molar-refractivity contribution < 1.29 is 4.79 Å². The molecule has 1 aromatic carbocycles. The van der Waals surface area contributed by atoms with Crippen LogP contribution in [0.1, 0.15) is 31.2 Å². The van der Waals surface area contributed by atoms with Gasteiger partial charge in [-0.25, -0.2) is 9.59 Å². The zero-order chi connectivity index (χ0) is 14.3. The fraction of sp³-hybridized carbons (Fsp3) is 0.467. The van der Waals surface area contributed by atoms with E-state index in [2.05, 4.69) is 4.99 Å². The number of rotatable bonds is 2.